The van der Waals surface area contributed by atoms with Gasteiger partial charge in [0.15, 0.2) is 0 Å². The van der Waals surface area contributed by atoms with Gasteiger partial charge in [0.25, 0.3) is 0 Å². The molecule has 3 rings (SSSR count). The smallest absolute Gasteiger partial charge is 0.407 e. The lowest BCUT2D eigenvalue weighted by molar-refractivity contribution is 0.131. The van der Waals surface area contributed by atoms with Crippen molar-refractivity contribution in [2.45, 2.75) is 18.9 Å². The van der Waals surface area contributed by atoms with E-state index in [0.29, 0.717) is 11.3 Å². The fraction of sp³-hybridized carbons (Fsp3) is 0.273. The third kappa shape index (κ3) is 4.58. The molecule has 0 bridgehead atoms. The van der Waals surface area contributed by atoms with Crippen LogP contribution in [0.15, 0.2) is 60.9 Å². The summed E-state index contributed by atoms with van der Waals surface area (Å²) in [6.45, 7) is 2.25. The monoisotopic (exact) mass is 380 g/mol. The first-order chi connectivity index (χ1) is 13.6. The number of carbonyl (C=O) groups excluding carboxylic acids is 1. The van der Waals surface area contributed by atoms with Gasteiger partial charge in [-0.15, -0.1) is 0 Å². The van der Waals surface area contributed by atoms with Crippen LogP contribution < -0.4 is 10.1 Å². The number of pyridine rings is 1. The Bertz CT molecular complexity index is 944. The zero-order valence-corrected chi connectivity index (χ0v) is 16.0. The van der Waals surface area contributed by atoms with Crippen molar-refractivity contribution in [3.63, 3.8) is 0 Å². The zero-order valence-electron chi connectivity index (χ0n) is 16.0. The Morgan fingerprint density at radius 3 is 2.64 bits per heavy atom. The van der Waals surface area contributed by atoms with E-state index >= 15 is 0 Å². The quantitative estimate of drug-likeness (QED) is 0.652. The molecule has 1 amide bonds. The van der Waals surface area contributed by atoms with Crippen LogP contribution in [0.1, 0.15) is 30.1 Å². The average molecular weight is 380 g/mol. The zero-order chi connectivity index (χ0) is 19.9. The molecule has 28 heavy (non-hydrogen) atoms. The highest BCUT2D eigenvalue weighted by molar-refractivity contribution is 5.83. The van der Waals surface area contributed by atoms with E-state index in [-0.39, 0.29) is 19.1 Å². The predicted molar refractivity (Wildman–Crippen MR) is 107 cm³/mol. The van der Waals surface area contributed by atoms with Crippen LogP contribution in [-0.2, 0) is 4.74 Å². The largest absolute Gasteiger partial charge is 0.495 e. The molecular weight excluding hydrogens is 356 g/mol. The number of aliphatic hydroxyl groups is 1. The Balaban J connectivity index is 1.93. The average Bonchev–Trinajstić information content (AvgIpc) is 2.74. The molecule has 0 fully saturated rings. The highest BCUT2D eigenvalue weighted by Crippen LogP contribution is 2.33. The first-order valence-electron chi connectivity index (χ1n) is 9.18. The molecule has 2 N–H and O–H groups in total. The van der Waals surface area contributed by atoms with Crippen molar-refractivity contribution in [2.24, 2.45) is 0 Å². The van der Waals surface area contributed by atoms with Crippen molar-refractivity contribution in [1.29, 1.82) is 0 Å². The second-order valence-corrected chi connectivity index (χ2v) is 6.42. The van der Waals surface area contributed by atoms with Gasteiger partial charge in [0.1, 0.15) is 5.75 Å². The van der Waals surface area contributed by atoms with Gasteiger partial charge in [-0.3, -0.25) is 4.98 Å². The van der Waals surface area contributed by atoms with Crippen LogP contribution in [0.25, 0.3) is 10.8 Å². The van der Waals surface area contributed by atoms with Gasteiger partial charge in [-0.25, -0.2) is 4.79 Å². The Labute approximate surface area is 164 Å². The number of nitrogens with one attached hydrogen (secondary N) is 1. The minimum Gasteiger partial charge on any atom is -0.495 e. The number of hydrogen-bond donors (Lipinski definition) is 2. The Hall–Kier alpha value is -3.12. The normalized spacial score (nSPS) is 13.0. The third-order valence-corrected chi connectivity index (χ3v) is 4.64. The summed E-state index contributed by atoms with van der Waals surface area (Å²) in [6.07, 6.45) is 1.79. The van der Waals surface area contributed by atoms with Crippen LogP contribution in [0.5, 0.6) is 5.75 Å². The molecule has 0 aliphatic carbocycles. The fourth-order valence-corrected chi connectivity index (χ4v) is 3.17. The van der Waals surface area contributed by atoms with Gasteiger partial charge in [-0.05, 0) is 29.3 Å². The predicted octanol–water partition coefficient (Wildman–Crippen LogP) is 3.81. The van der Waals surface area contributed by atoms with E-state index < -0.39 is 12.2 Å². The van der Waals surface area contributed by atoms with Crippen LogP contribution in [0.4, 0.5) is 4.79 Å². The summed E-state index contributed by atoms with van der Waals surface area (Å²) in [6, 6.07) is 15.8. The maximum atomic E-state index is 11.8. The van der Waals surface area contributed by atoms with E-state index in [4.69, 9.17) is 9.47 Å². The summed E-state index contributed by atoms with van der Waals surface area (Å²) in [4.78, 5) is 15.9. The molecule has 0 radical (unpaired) electrons. The van der Waals surface area contributed by atoms with Gasteiger partial charge in [0.05, 0.1) is 26.0 Å². The number of rotatable bonds is 7. The van der Waals surface area contributed by atoms with Crippen molar-refractivity contribution in [1.82, 2.24) is 10.3 Å². The molecule has 6 nitrogen and oxygen atoms in total. The molecule has 0 saturated carbocycles. The van der Waals surface area contributed by atoms with E-state index in [1.165, 1.54) is 0 Å². The van der Waals surface area contributed by atoms with Crippen molar-refractivity contribution in [3.8, 4) is 5.75 Å². The van der Waals surface area contributed by atoms with Gasteiger partial charge in [-0.1, -0.05) is 42.5 Å². The third-order valence-electron chi connectivity index (χ3n) is 4.64. The Morgan fingerprint density at radius 1 is 1.11 bits per heavy atom. The summed E-state index contributed by atoms with van der Waals surface area (Å²) in [5.74, 6) is 0.176. The van der Waals surface area contributed by atoms with Gasteiger partial charge < -0.3 is 19.9 Å². The lowest BCUT2D eigenvalue weighted by atomic mass is 9.88. The second-order valence-electron chi connectivity index (χ2n) is 6.42. The van der Waals surface area contributed by atoms with Crippen LogP contribution in [0.2, 0.25) is 0 Å². The standard InChI is InChI=1S/C22H24N2O4/c1-3-28-22(26)24-14-20(21(25)18-11-19(27-2)13-23-12-18)17-9-8-15-6-4-5-7-16(15)10-17/h4-13,20-21,25H,3,14H2,1-2H3,(H,24,26). The number of hydrogen-bond acceptors (Lipinski definition) is 5. The highest BCUT2D eigenvalue weighted by Gasteiger charge is 2.25. The molecule has 2 aromatic carbocycles. The van der Waals surface area contributed by atoms with E-state index in [1.807, 2.05) is 42.5 Å². The molecule has 1 heterocycles. The number of fused-ring (bicyclic) bond motifs is 1. The Kier molecular flexibility index (Phi) is 6.45. The van der Waals surface area contributed by atoms with Crippen LogP contribution in [0.3, 0.4) is 0 Å². The van der Waals surface area contributed by atoms with E-state index in [0.717, 1.165) is 16.3 Å². The molecular formula is C22H24N2O4. The summed E-state index contributed by atoms with van der Waals surface area (Å²) in [5, 5.41) is 16.0. The molecule has 2 atom stereocenters. The number of aliphatic hydroxyl groups excluding tert-OH is 1. The molecule has 0 aliphatic rings. The second kappa shape index (κ2) is 9.19. The molecule has 6 heteroatoms. The summed E-state index contributed by atoms with van der Waals surface area (Å²) >= 11 is 0. The molecule has 146 valence electrons. The topological polar surface area (TPSA) is 80.7 Å². The van der Waals surface area contributed by atoms with Gasteiger partial charge in [0.2, 0.25) is 0 Å². The highest BCUT2D eigenvalue weighted by atomic mass is 16.5. The number of nitrogens with zero attached hydrogens (tertiary/aromatic N) is 1. The van der Waals surface area contributed by atoms with Crippen molar-refractivity contribution >= 4 is 16.9 Å². The van der Waals surface area contributed by atoms with Gasteiger partial charge >= 0.3 is 6.09 Å². The molecule has 0 saturated heterocycles. The maximum absolute atomic E-state index is 11.8. The summed E-state index contributed by atoms with van der Waals surface area (Å²) in [7, 11) is 1.55. The van der Waals surface area contributed by atoms with Crippen molar-refractivity contribution in [2.75, 3.05) is 20.3 Å². The minimum atomic E-state index is -0.884. The number of methoxy groups -OCH3 is 1. The van der Waals surface area contributed by atoms with Crippen LogP contribution in [0, 0.1) is 0 Å². The molecule has 0 spiro atoms. The minimum absolute atomic E-state index is 0.218. The number of ether oxygens (including phenoxy) is 2. The summed E-state index contributed by atoms with van der Waals surface area (Å²) < 4.78 is 10.2. The summed E-state index contributed by atoms with van der Waals surface area (Å²) in [5.41, 5.74) is 1.52. The number of amides is 1. The maximum Gasteiger partial charge on any atom is 0.407 e. The first kappa shape index (κ1) is 19.6. The SMILES string of the molecule is CCOC(=O)NCC(c1ccc2ccccc2c1)C(O)c1cncc(OC)c1. The number of carbonyl (C=O) groups is 1. The molecule has 2 unspecified atom stereocenters. The lowest BCUT2D eigenvalue weighted by Crippen LogP contribution is -2.31. The first-order valence-corrected chi connectivity index (χ1v) is 9.18. The van der Waals surface area contributed by atoms with Crippen molar-refractivity contribution in [3.05, 3.63) is 72.1 Å². The van der Waals surface area contributed by atoms with Crippen LogP contribution in [-0.4, -0.2) is 36.4 Å². The Morgan fingerprint density at radius 2 is 1.89 bits per heavy atom. The number of alkyl carbamates (subject to hydrolysis) is 1. The number of aromatic nitrogens is 1. The molecule has 1 aromatic heterocycles. The van der Waals surface area contributed by atoms with E-state index in [9.17, 15) is 9.90 Å². The molecule has 0 aliphatic heterocycles. The lowest BCUT2D eigenvalue weighted by Gasteiger charge is -2.24. The van der Waals surface area contributed by atoms with Gasteiger partial charge in [0, 0.05) is 24.2 Å². The fourth-order valence-electron chi connectivity index (χ4n) is 3.17. The van der Waals surface area contributed by atoms with E-state index in [2.05, 4.69) is 10.3 Å². The van der Waals surface area contributed by atoms with Crippen LogP contribution >= 0.6 is 0 Å². The van der Waals surface area contributed by atoms with Crippen molar-refractivity contribution < 1.29 is 19.4 Å². The molecule has 3 aromatic rings. The number of benzene rings is 2. The van der Waals surface area contributed by atoms with Gasteiger partial charge in [-0.2, -0.15) is 0 Å². The van der Waals surface area contributed by atoms with E-state index in [1.54, 1.807) is 32.5 Å².